The lowest BCUT2D eigenvalue weighted by Gasteiger charge is -2.27. The number of nitrogens with one attached hydrogen (secondary N) is 2. The Kier molecular flexibility index (Phi) is 5.23. The fourth-order valence-corrected chi connectivity index (χ4v) is 3.60. The van der Waals surface area contributed by atoms with Crippen molar-refractivity contribution in [3.8, 4) is 11.4 Å². The van der Waals surface area contributed by atoms with Crippen LogP contribution in [0.1, 0.15) is 5.82 Å². The molecule has 0 unspecified atom stereocenters. The van der Waals surface area contributed by atoms with Gasteiger partial charge in [-0.1, -0.05) is 11.6 Å². The molecule has 0 amide bonds. The normalized spacial score (nSPS) is 14.4. The first kappa shape index (κ1) is 19.2. The molecule has 4 heterocycles. The third kappa shape index (κ3) is 3.83. The van der Waals surface area contributed by atoms with Gasteiger partial charge in [0.05, 0.1) is 30.4 Å². The van der Waals surface area contributed by atoms with Crippen molar-refractivity contribution in [2.45, 2.75) is 6.54 Å². The van der Waals surface area contributed by atoms with Crippen molar-refractivity contribution in [2.75, 3.05) is 36.5 Å². The van der Waals surface area contributed by atoms with E-state index in [4.69, 9.17) is 16.3 Å². The summed E-state index contributed by atoms with van der Waals surface area (Å²) in [6, 6.07) is 7.39. The van der Waals surface area contributed by atoms with Gasteiger partial charge in [-0.15, -0.1) is 0 Å². The van der Waals surface area contributed by atoms with E-state index in [1.807, 2.05) is 24.3 Å². The van der Waals surface area contributed by atoms with Crippen LogP contribution in [0.4, 0.5) is 11.9 Å². The Balaban J connectivity index is 1.39. The number of hydrogen-bond donors (Lipinski definition) is 2. The molecule has 0 spiro atoms. The number of fused-ring (bicyclic) bond motifs is 1. The number of benzene rings is 1. The lowest BCUT2D eigenvalue weighted by molar-refractivity contribution is 0.122. The Morgan fingerprint density at radius 3 is 2.73 bits per heavy atom. The molecule has 30 heavy (non-hydrogen) atoms. The zero-order chi connectivity index (χ0) is 20.5. The molecule has 1 saturated heterocycles. The highest BCUT2D eigenvalue weighted by Crippen LogP contribution is 2.22. The molecule has 3 aromatic heterocycles. The average Bonchev–Trinajstić information content (AvgIpc) is 3.40. The topological polar surface area (TPSA) is 109 Å². The van der Waals surface area contributed by atoms with Crippen LogP contribution in [-0.4, -0.2) is 61.1 Å². The van der Waals surface area contributed by atoms with Crippen LogP contribution in [0, 0.1) is 0 Å². The third-order valence-electron chi connectivity index (χ3n) is 4.66. The summed E-state index contributed by atoms with van der Waals surface area (Å²) in [6.07, 6.45) is 1.70. The van der Waals surface area contributed by atoms with Gasteiger partial charge in [0.25, 0.3) is 0 Å². The Morgan fingerprint density at radius 1 is 1.13 bits per heavy atom. The van der Waals surface area contributed by atoms with E-state index in [0.717, 1.165) is 23.1 Å². The van der Waals surface area contributed by atoms with Crippen molar-refractivity contribution in [3.05, 3.63) is 45.8 Å². The molecule has 2 N–H and O–H groups in total. The SMILES string of the molecule is Clc1ccc(-c2n[nH]c(CNc3nc(N4CCOCC4)nc4c(Br)cnn34)n2)cc1. The number of ether oxygens (including phenoxy) is 1. The monoisotopic (exact) mass is 489 g/mol. The highest BCUT2D eigenvalue weighted by atomic mass is 79.9. The van der Waals surface area contributed by atoms with Crippen LogP contribution in [0.2, 0.25) is 5.02 Å². The van der Waals surface area contributed by atoms with Crippen LogP contribution in [0.5, 0.6) is 0 Å². The van der Waals surface area contributed by atoms with Gasteiger partial charge in [-0.05, 0) is 40.2 Å². The van der Waals surface area contributed by atoms with Gasteiger partial charge < -0.3 is 15.0 Å². The molecule has 1 aromatic carbocycles. The molecular formula is C18H17BrClN9O. The highest BCUT2D eigenvalue weighted by molar-refractivity contribution is 9.10. The summed E-state index contributed by atoms with van der Waals surface area (Å²) < 4.78 is 7.89. The van der Waals surface area contributed by atoms with Crippen molar-refractivity contribution in [2.24, 2.45) is 0 Å². The Labute approximate surface area is 184 Å². The summed E-state index contributed by atoms with van der Waals surface area (Å²) in [6.45, 7) is 3.20. The van der Waals surface area contributed by atoms with Crippen LogP contribution in [0.15, 0.2) is 34.9 Å². The van der Waals surface area contributed by atoms with E-state index in [9.17, 15) is 0 Å². The van der Waals surface area contributed by atoms with Gasteiger partial charge in [-0.25, -0.2) is 4.98 Å². The van der Waals surface area contributed by atoms with E-state index in [1.54, 1.807) is 10.7 Å². The van der Waals surface area contributed by atoms with Gasteiger partial charge in [0.15, 0.2) is 11.5 Å². The maximum Gasteiger partial charge on any atom is 0.230 e. The van der Waals surface area contributed by atoms with Crippen LogP contribution in [0.25, 0.3) is 17.0 Å². The van der Waals surface area contributed by atoms with Gasteiger partial charge in [-0.3, -0.25) is 5.10 Å². The van der Waals surface area contributed by atoms with Crippen LogP contribution in [-0.2, 0) is 11.3 Å². The molecule has 0 atom stereocenters. The van der Waals surface area contributed by atoms with Gasteiger partial charge >= 0.3 is 0 Å². The number of rotatable bonds is 5. The van der Waals surface area contributed by atoms with E-state index in [-0.39, 0.29) is 0 Å². The molecule has 154 valence electrons. The average molecular weight is 491 g/mol. The van der Waals surface area contributed by atoms with E-state index in [2.05, 4.69) is 56.4 Å². The largest absolute Gasteiger partial charge is 0.378 e. The quantitative estimate of drug-likeness (QED) is 0.440. The molecule has 1 aliphatic heterocycles. The van der Waals surface area contributed by atoms with Crippen molar-refractivity contribution in [3.63, 3.8) is 0 Å². The molecule has 12 heteroatoms. The summed E-state index contributed by atoms with van der Waals surface area (Å²) in [5, 5.41) is 15.6. The number of aromatic nitrogens is 7. The standard InChI is InChI=1S/C18H17BrClN9O/c19-13-9-22-29-16(13)24-18(28-5-7-30-8-6-28)25-17(29)21-10-14-23-15(27-26-14)11-1-3-12(20)4-2-11/h1-4,9H,5-8,10H2,(H,21,24,25)(H,23,26,27). The van der Waals surface area contributed by atoms with Crippen LogP contribution in [0.3, 0.4) is 0 Å². The lowest BCUT2D eigenvalue weighted by Crippen LogP contribution is -2.37. The van der Waals surface area contributed by atoms with Crippen molar-refractivity contribution < 1.29 is 4.74 Å². The zero-order valence-electron chi connectivity index (χ0n) is 15.7. The summed E-state index contributed by atoms with van der Waals surface area (Å²) in [5.74, 6) is 2.48. The second-order valence-corrected chi connectivity index (χ2v) is 7.93. The summed E-state index contributed by atoms with van der Waals surface area (Å²) in [7, 11) is 0. The number of aromatic amines is 1. The molecule has 1 aliphatic rings. The minimum Gasteiger partial charge on any atom is -0.378 e. The molecule has 5 rings (SSSR count). The van der Waals surface area contributed by atoms with Gasteiger partial charge in [0.2, 0.25) is 11.9 Å². The summed E-state index contributed by atoms with van der Waals surface area (Å²) in [5.41, 5.74) is 1.57. The first-order chi connectivity index (χ1) is 14.7. The third-order valence-corrected chi connectivity index (χ3v) is 5.47. The van der Waals surface area contributed by atoms with Crippen molar-refractivity contribution in [1.82, 2.24) is 34.8 Å². The predicted octanol–water partition coefficient (Wildman–Crippen LogP) is 2.77. The van der Waals surface area contributed by atoms with E-state index in [1.165, 1.54) is 0 Å². The predicted molar refractivity (Wildman–Crippen MR) is 116 cm³/mol. The van der Waals surface area contributed by atoms with Gasteiger partial charge in [0, 0.05) is 23.7 Å². The molecule has 1 fully saturated rings. The first-order valence-corrected chi connectivity index (χ1v) is 10.5. The Bertz CT molecular complexity index is 1170. The van der Waals surface area contributed by atoms with Crippen molar-refractivity contribution >= 4 is 45.1 Å². The van der Waals surface area contributed by atoms with Crippen LogP contribution >= 0.6 is 27.5 Å². The Morgan fingerprint density at radius 2 is 1.93 bits per heavy atom. The molecule has 4 aromatic rings. The lowest BCUT2D eigenvalue weighted by atomic mass is 10.2. The molecule has 10 nitrogen and oxygen atoms in total. The maximum absolute atomic E-state index is 5.95. The van der Waals surface area contributed by atoms with Crippen molar-refractivity contribution in [1.29, 1.82) is 0 Å². The summed E-state index contributed by atoms with van der Waals surface area (Å²) >= 11 is 9.45. The van der Waals surface area contributed by atoms with Gasteiger partial charge in [0.1, 0.15) is 5.82 Å². The fraction of sp³-hybridized carbons (Fsp3) is 0.278. The smallest absolute Gasteiger partial charge is 0.230 e. The molecule has 0 radical (unpaired) electrons. The second kappa shape index (κ2) is 8.17. The minimum atomic E-state index is 0.396. The Hall–Kier alpha value is -2.76. The number of hydrogen-bond acceptors (Lipinski definition) is 8. The highest BCUT2D eigenvalue weighted by Gasteiger charge is 2.18. The zero-order valence-corrected chi connectivity index (χ0v) is 18.1. The van der Waals surface area contributed by atoms with E-state index < -0.39 is 0 Å². The fourth-order valence-electron chi connectivity index (χ4n) is 3.12. The van der Waals surface area contributed by atoms with Gasteiger partial charge in [-0.2, -0.15) is 24.7 Å². The molecule has 0 bridgehead atoms. The number of halogens is 2. The van der Waals surface area contributed by atoms with Crippen LogP contribution < -0.4 is 10.2 Å². The maximum atomic E-state index is 5.95. The second-order valence-electron chi connectivity index (χ2n) is 6.64. The van der Waals surface area contributed by atoms with E-state index in [0.29, 0.717) is 54.0 Å². The molecule has 0 aliphatic carbocycles. The minimum absolute atomic E-state index is 0.396. The number of H-pyrrole nitrogens is 1. The molecule has 0 saturated carbocycles. The summed E-state index contributed by atoms with van der Waals surface area (Å²) in [4.78, 5) is 16.0. The number of anilines is 2. The van der Waals surface area contributed by atoms with E-state index >= 15 is 0 Å². The number of nitrogens with zero attached hydrogens (tertiary/aromatic N) is 7. The first-order valence-electron chi connectivity index (χ1n) is 9.32. The molecular weight excluding hydrogens is 474 g/mol. The number of morpholine rings is 1.